The maximum Gasteiger partial charge on any atom is 0.305 e. The van der Waals surface area contributed by atoms with E-state index in [-0.39, 0.29) is 12.1 Å². The molecule has 0 amide bonds. The Labute approximate surface area is 90.4 Å². The third kappa shape index (κ3) is 4.30. The fraction of sp³-hybridized carbons (Fsp3) is 0.583. The molecule has 0 aliphatic heterocycles. The van der Waals surface area contributed by atoms with Crippen LogP contribution in [0.15, 0.2) is 23.8 Å². The predicted molar refractivity (Wildman–Crippen MR) is 58.3 cm³/mol. The van der Waals surface area contributed by atoms with Crippen LogP contribution in [0.3, 0.4) is 0 Å². The van der Waals surface area contributed by atoms with Gasteiger partial charge < -0.3 is 9.84 Å². The molecule has 0 radical (unpaired) electrons. The lowest BCUT2D eigenvalue weighted by Crippen LogP contribution is -2.03. The van der Waals surface area contributed by atoms with Gasteiger partial charge in [0.05, 0.1) is 13.2 Å². The second-order valence-electron chi connectivity index (χ2n) is 3.66. The van der Waals surface area contributed by atoms with Gasteiger partial charge in [-0.3, -0.25) is 4.79 Å². The van der Waals surface area contributed by atoms with Crippen molar-refractivity contribution in [2.75, 3.05) is 7.11 Å². The van der Waals surface area contributed by atoms with Gasteiger partial charge in [0.25, 0.3) is 0 Å². The van der Waals surface area contributed by atoms with Crippen molar-refractivity contribution in [1.82, 2.24) is 0 Å². The van der Waals surface area contributed by atoms with Gasteiger partial charge in [0.2, 0.25) is 0 Å². The van der Waals surface area contributed by atoms with Gasteiger partial charge in [0.1, 0.15) is 0 Å². The van der Waals surface area contributed by atoms with Gasteiger partial charge in [-0.2, -0.15) is 0 Å². The third-order valence-electron chi connectivity index (χ3n) is 2.54. The van der Waals surface area contributed by atoms with Gasteiger partial charge in [-0.25, -0.2) is 0 Å². The molecule has 0 aromatic carbocycles. The van der Waals surface area contributed by atoms with Gasteiger partial charge in [-0.15, -0.1) is 0 Å². The van der Waals surface area contributed by atoms with E-state index >= 15 is 0 Å². The molecule has 15 heavy (non-hydrogen) atoms. The van der Waals surface area contributed by atoms with Gasteiger partial charge in [0.15, 0.2) is 0 Å². The van der Waals surface area contributed by atoms with Crippen molar-refractivity contribution >= 4 is 5.97 Å². The highest BCUT2D eigenvalue weighted by atomic mass is 16.5. The predicted octanol–water partition coefficient (Wildman–Crippen LogP) is 1.97. The molecule has 1 rings (SSSR count). The van der Waals surface area contributed by atoms with E-state index in [0.717, 1.165) is 24.8 Å². The summed E-state index contributed by atoms with van der Waals surface area (Å²) in [6, 6.07) is 0. The zero-order valence-electron chi connectivity index (χ0n) is 9.11. The smallest absolute Gasteiger partial charge is 0.305 e. The summed E-state index contributed by atoms with van der Waals surface area (Å²) < 4.78 is 4.52. The van der Waals surface area contributed by atoms with E-state index in [9.17, 15) is 9.90 Å². The SMILES string of the molecule is COC(=O)CC/C=C\CC1=CCC[C@@H]1O. The summed E-state index contributed by atoms with van der Waals surface area (Å²) >= 11 is 0. The van der Waals surface area contributed by atoms with Crippen molar-refractivity contribution < 1.29 is 14.6 Å². The Morgan fingerprint density at radius 1 is 1.67 bits per heavy atom. The highest BCUT2D eigenvalue weighted by Crippen LogP contribution is 2.21. The first-order valence-electron chi connectivity index (χ1n) is 5.33. The van der Waals surface area contributed by atoms with E-state index in [1.165, 1.54) is 7.11 Å². The number of ether oxygens (including phenoxy) is 1. The Bertz CT molecular complexity index is 266. The molecular formula is C12H18O3. The molecule has 0 heterocycles. The van der Waals surface area contributed by atoms with Crippen LogP contribution in [-0.2, 0) is 9.53 Å². The van der Waals surface area contributed by atoms with Crippen molar-refractivity contribution in [3.05, 3.63) is 23.8 Å². The van der Waals surface area contributed by atoms with Crippen LogP contribution >= 0.6 is 0 Å². The molecule has 1 N–H and O–H groups in total. The average molecular weight is 210 g/mol. The first-order chi connectivity index (χ1) is 7.24. The molecule has 1 aliphatic carbocycles. The van der Waals surface area contributed by atoms with E-state index < -0.39 is 0 Å². The molecule has 0 aromatic heterocycles. The second-order valence-corrected chi connectivity index (χ2v) is 3.66. The largest absolute Gasteiger partial charge is 0.469 e. The van der Waals surface area contributed by atoms with Crippen LogP contribution in [0.4, 0.5) is 0 Å². The lowest BCUT2D eigenvalue weighted by Gasteiger charge is -2.04. The Balaban J connectivity index is 2.14. The minimum Gasteiger partial charge on any atom is -0.469 e. The van der Waals surface area contributed by atoms with Crippen molar-refractivity contribution in [3.8, 4) is 0 Å². The number of aliphatic hydroxyl groups is 1. The van der Waals surface area contributed by atoms with Crippen LogP contribution in [0.2, 0.25) is 0 Å². The number of rotatable bonds is 5. The lowest BCUT2D eigenvalue weighted by atomic mass is 10.1. The first kappa shape index (κ1) is 12.0. The normalized spacial score (nSPS) is 20.7. The summed E-state index contributed by atoms with van der Waals surface area (Å²) in [5.41, 5.74) is 1.10. The van der Waals surface area contributed by atoms with Gasteiger partial charge >= 0.3 is 5.97 Å². The maximum absolute atomic E-state index is 10.8. The van der Waals surface area contributed by atoms with Crippen molar-refractivity contribution in [2.45, 2.75) is 38.2 Å². The number of aliphatic hydroxyl groups excluding tert-OH is 1. The van der Waals surface area contributed by atoms with Gasteiger partial charge in [-0.1, -0.05) is 18.2 Å². The van der Waals surface area contributed by atoms with Crippen molar-refractivity contribution in [1.29, 1.82) is 0 Å². The van der Waals surface area contributed by atoms with Gasteiger partial charge in [-0.05, 0) is 31.3 Å². The van der Waals surface area contributed by atoms with E-state index in [2.05, 4.69) is 10.8 Å². The van der Waals surface area contributed by atoms with E-state index in [1.807, 2.05) is 12.2 Å². The molecule has 0 spiro atoms. The molecule has 3 nitrogen and oxygen atoms in total. The monoisotopic (exact) mass is 210 g/mol. The molecule has 0 fully saturated rings. The summed E-state index contributed by atoms with van der Waals surface area (Å²) in [5, 5.41) is 9.50. The Morgan fingerprint density at radius 2 is 2.47 bits per heavy atom. The molecule has 0 saturated heterocycles. The summed E-state index contributed by atoms with van der Waals surface area (Å²) in [7, 11) is 1.39. The maximum atomic E-state index is 10.8. The van der Waals surface area contributed by atoms with E-state index in [1.54, 1.807) is 0 Å². The van der Waals surface area contributed by atoms with Crippen LogP contribution < -0.4 is 0 Å². The minimum atomic E-state index is -0.254. The third-order valence-corrected chi connectivity index (χ3v) is 2.54. The molecule has 0 bridgehead atoms. The quantitative estimate of drug-likeness (QED) is 0.557. The Morgan fingerprint density at radius 3 is 3.07 bits per heavy atom. The van der Waals surface area contributed by atoms with Gasteiger partial charge in [0, 0.05) is 6.42 Å². The molecule has 0 saturated carbocycles. The topological polar surface area (TPSA) is 46.5 Å². The number of carbonyl (C=O) groups is 1. The minimum absolute atomic E-state index is 0.181. The molecule has 0 aromatic rings. The number of hydrogen-bond donors (Lipinski definition) is 1. The second kappa shape index (κ2) is 6.40. The zero-order valence-corrected chi connectivity index (χ0v) is 9.11. The van der Waals surface area contributed by atoms with Crippen LogP contribution in [0.25, 0.3) is 0 Å². The fourth-order valence-corrected chi connectivity index (χ4v) is 1.61. The molecule has 3 heteroatoms. The molecule has 1 atom stereocenters. The highest BCUT2D eigenvalue weighted by molar-refractivity contribution is 5.69. The highest BCUT2D eigenvalue weighted by Gasteiger charge is 2.13. The Hall–Kier alpha value is -1.09. The number of allylic oxidation sites excluding steroid dienone is 3. The molecule has 84 valence electrons. The van der Waals surface area contributed by atoms with E-state index in [0.29, 0.717) is 12.8 Å². The number of methoxy groups -OCH3 is 1. The summed E-state index contributed by atoms with van der Waals surface area (Å²) in [4.78, 5) is 10.8. The van der Waals surface area contributed by atoms with Crippen LogP contribution in [-0.4, -0.2) is 24.3 Å². The molecule has 1 aliphatic rings. The average Bonchev–Trinajstić information content (AvgIpc) is 2.63. The zero-order chi connectivity index (χ0) is 11.1. The summed E-state index contributed by atoms with van der Waals surface area (Å²) in [6.45, 7) is 0. The molecular weight excluding hydrogens is 192 g/mol. The lowest BCUT2D eigenvalue weighted by molar-refractivity contribution is -0.140. The van der Waals surface area contributed by atoms with Crippen LogP contribution in [0.5, 0.6) is 0 Å². The first-order valence-corrected chi connectivity index (χ1v) is 5.33. The number of carbonyl (C=O) groups excluding carboxylic acids is 1. The van der Waals surface area contributed by atoms with Crippen LogP contribution in [0, 0.1) is 0 Å². The van der Waals surface area contributed by atoms with E-state index in [4.69, 9.17) is 0 Å². The van der Waals surface area contributed by atoms with Crippen LogP contribution in [0.1, 0.15) is 32.1 Å². The Kier molecular flexibility index (Phi) is 5.12. The fourth-order valence-electron chi connectivity index (χ4n) is 1.61. The van der Waals surface area contributed by atoms with Crippen molar-refractivity contribution in [2.24, 2.45) is 0 Å². The summed E-state index contributed by atoms with van der Waals surface area (Å²) in [5.74, 6) is -0.181. The standard InChI is InChI=1S/C12H18O3/c1-15-12(14)9-4-2-3-6-10-7-5-8-11(10)13/h2-3,7,11,13H,4-6,8-9H2,1H3/b3-2-/t11-/m0/s1. The number of esters is 1. The summed E-state index contributed by atoms with van der Waals surface area (Å²) in [6.07, 6.45) is 9.56. The van der Waals surface area contributed by atoms with Crippen molar-refractivity contribution in [3.63, 3.8) is 0 Å². The molecule has 0 unspecified atom stereocenters. The number of hydrogen-bond acceptors (Lipinski definition) is 3.